The Morgan fingerprint density at radius 1 is 1.07 bits per heavy atom. The molecule has 2 aliphatic heterocycles. The predicted octanol–water partition coefficient (Wildman–Crippen LogP) is 0.141. The predicted molar refractivity (Wildman–Crippen MR) is 145 cm³/mol. The first-order valence-corrected chi connectivity index (χ1v) is 13.5. The molecule has 1 atom stereocenters. The summed E-state index contributed by atoms with van der Waals surface area (Å²) in [5.74, 6) is -2.92. The minimum atomic E-state index is -1.17. The maximum absolute atomic E-state index is 13.4. The van der Waals surface area contributed by atoms with Crippen molar-refractivity contribution in [2.45, 2.75) is 32.2 Å². The van der Waals surface area contributed by atoms with Gasteiger partial charge in [-0.2, -0.15) is 0 Å². The summed E-state index contributed by atoms with van der Waals surface area (Å²) in [5.41, 5.74) is 2.72. The van der Waals surface area contributed by atoms with Gasteiger partial charge in [0.2, 0.25) is 11.8 Å². The van der Waals surface area contributed by atoms with E-state index < -0.39 is 42.4 Å². The van der Waals surface area contributed by atoms with Gasteiger partial charge in [-0.1, -0.05) is 12.1 Å². The number of ether oxygens (including phenoxy) is 2. The number of benzene rings is 1. The summed E-state index contributed by atoms with van der Waals surface area (Å²) >= 11 is 0. The minimum Gasteiger partial charge on any atom is -0.483 e. The Balaban J connectivity index is 1.48. The summed E-state index contributed by atoms with van der Waals surface area (Å²) in [6, 6.07) is 6.97. The highest BCUT2D eigenvalue weighted by molar-refractivity contribution is 5.99. The fraction of sp³-hybridized carbons (Fsp3) is 0.444. The summed E-state index contributed by atoms with van der Waals surface area (Å²) in [4.78, 5) is 81.2. The number of piperazine rings is 1. The fourth-order valence-corrected chi connectivity index (χ4v) is 4.56. The summed E-state index contributed by atoms with van der Waals surface area (Å²) in [7, 11) is 0. The number of para-hydroxylation sites is 1. The largest absolute Gasteiger partial charge is 0.483 e. The lowest BCUT2D eigenvalue weighted by Crippen LogP contribution is -2.56. The summed E-state index contributed by atoms with van der Waals surface area (Å²) in [6.07, 6.45) is -0.816. The molecule has 2 aromatic rings. The molecular weight excluding hydrogens is 552 g/mol. The number of carbonyl (C=O) groups excluding carboxylic acids is 5. The molecule has 15 nitrogen and oxygen atoms in total. The molecule has 224 valence electrons. The number of hydrogen-bond donors (Lipinski definition) is 3. The van der Waals surface area contributed by atoms with E-state index in [4.69, 9.17) is 9.47 Å². The van der Waals surface area contributed by atoms with Crippen LogP contribution in [-0.2, 0) is 23.9 Å². The molecule has 42 heavy (non-hydrogen) atoms. The Morgan fingerprint density at radius 3 is 2.45 bits per heavy atom. The number of pyridine rings is 1. The van der Waals surface area contributed by atoms with Crippen LogP contribution < -0.4 is 15.5 Å². The van der Waals surface area contributed by atoms with Gasteiger partial charge in [-0.3, -0.25) is 34.4 Å². The molecule has 0 spiro atoms. The molecule has 3 heterocycles. The van der Waals surface area contributed by atoms with Crippen molar-refractivity contribution < 1.29 is 43.3 Å². The molecule has 2 fully saturated rings. The third kappa shape index (κ3) is 7.41. The summed E-state index contributed by atoms with van der Waals surface area (Å²) in [5, 5.41) is 13.5. The van der Waals surface area contributed by atoms with Gasteiger partial charge in [0.25, 0.3) is 11.8 Å². The minimum absolute atomic E-state index is 0.106. The number of hydrazine groups is 1. The lowest BCUT2D eigenvalue weighted by molar-refractivity contribution is -0.138. The van der Waals surface area contributed by atoms with Gasteiger partial charge < -0.3 is 29.7 Å². The number of nitrogens with one attached hydrogen (secondary N) is 2. The number of carbonyl (C=O) groups is 6. The van der Waals surface area contributed by atoms with Crippen LogP contribution in [0.3, 0.4) is 0 Å². The summed E-state index contributed by atoms with van der Waals surface area (Å²) < 4.78 is 10.7. The second-order valence-electron chi connectivity index (χ2n) is 9.61. The van der Waals surface area contributed by atoms with Crippen LogP contribution in [-0.4, -0.2) is 113 Å². The SMILES string of the molecule is CCOC(=O)N1CCN(C(=O)C(CCC(=O)O)NC(=O)c2cc(OCC(=O)N3CCC(=O)N3)c3ccccc3n2)CC1. The second kappa shape index (κ2) is 13.6. The van der Waals surface area contributed by atoms with Crippen molar-refractivity contribution in [3.05, 3.63) is 36.0 Å². The van der Waals surface area contributed by atoms with Gasteiger partial charge in [0.15, 0.2) is 6.61 Å². The molecule has 3 N–H and O–H groups in total. The van der Waals surface area contributed by atoms with Crippen molar-refractivity contribution in [1.29, 1.82) is 0 Å². The number of aliphatic carboxylic acids is 1. The van der Waals surface area contributed by atoms with Crippen LogP contribution in [0, 0.1) is 0 Å². The maximum Gasteiger partial charge on any atom is 0.409 e. The van der Waals surface area contributed by atoms with Crippen LogP contribution in [0.25, 0.3) is 10.9 Å². The standard InChI is InChI=1S/C27H32N6O9/c1-2-41-27(40)32-13-11-31(12-14-32)26(39)19(7-8-24(36)37)29-25(38)20-15-21(17-5-3-4-6-18(17)28-20)42-16-23(35)33-10-9-22(34)30-33/h3-6,15,19H,2,7-14,16H2,1H3,(H,29,38)(H,30,34)(H,36,37). The van der Waals surface area contributed by atoms with Gasteiger partial charge in [-0.05, 0) is 25.5 Å². The third-order valence-corrected chi connectivity index (χ3v) is 6.75. The van der Waals surface area contributed by atoms with Gasteiger partial charge in [0.05, 0.1) is 18.7 Å². The Kier molecular flexibility index (Phi) is 9.73. The van der Waals surface area contributed by atoms with Crippen LogP contribution in [0.2, 0.25) is 0 Å². The van der Waals surface area contributed by atoms with E-state index in [-0.39, 0.29) is 75.9 Å². The van der Waals surface area contributed by atoms with Crippen LogP contribution in [0.1, 0.15) is 36.7 Å². The molecular formula is C27H32N6O9. The lowest BCUT2D eigenvalue weighted by atomic mass is 10.1. The van der Waals surface area contributed by atoms with Crippen molar-refractivity contribution in [2.75, 3.05) is 45.9 Å². The molecule has 0 saturated carbocycles. The molecule has 0 aliphatic carbocycles. The fourth-order valence-electron chi connectivity index (χ4n) is 4.56. The number of carboxylic acid groups (broad SMARTS) is 1. The Bertz CT molecular complexity index is 1380. The smallest absolute Gasteiger partial charge is 0.409 e. The van der Waals surface area contributed by atoms with Gasteiger partial charge >= 0.3 is 12.1 Å². The monoisotopic (exact) mass is 584 g/mol. The molecule has 15 heteroatoms. The van der Waals surface area contributed by atoms with Crippen molar-refractivity contribution in [1.82, 2.24) is 30.5 Å². The average molecular weight is 585 g/mol. The number of fused-ring (bicyclic) bond motifs is 1. The molecule has 1 aromatic carbocycles. The second-order valence-corrected chi connectivity index (χ2v) is 9.61. The molecule has 5 amide bonds. The molecule has 2 aliphatic rings. The molecule has 0 radical (unpaired) electrons. The quantitative estimate of drug-likeness (QED) is 0.347. The van der Waals surface area contributed by atoms with E-state index >= 15 is 0 Å². The van der Waals surface area contributed by atoms with E-state index in [9.17, 15) is 33.9 Å². The Morgan fingerprint density at radius 2 is 1.79 bits per heavy atom. The van der Waals surface area contributed by atoms with Gasteiger partial charge in [-0.25, -0.2) is 9.78 Å². The van der Waals surface area contributed by atoms with Crippen molar-refractivity contribution >= 4 is 46.6 Å². The Hall–Kier alpha value is -4.95. The van der Waals surface area contributed by atoms with Crippen molar-refractivity contribution in [3.8, 4) is 5.75 Å². The van der Waals surface area contributed by atoms with Crippen molar-refractivity contribution in [3.63, 3.8) is 0 Å². The van der Waals surface area contributed by atoms with E-state index in [0.29, 0.717) is 10.9 Å². The van der Waals surface area contributed by atoms with E-state index in [2.05, 4.69) is 15.7 Å². The molecule has 1 unspecified atom stereocenters. The number of rotatable bonds is 10. The highest BCUT2D eigenvalue weighted by atomic mass is 16.6. The van der Waals surface area contributed by atoms with Crippen LogP contribution in [0.5, 0.6) is 5.75 Å². The first-order valence-electron chi connectivity index (χ1n) is 13.5. The molecule has 2 saturated heterocycles. The van der Waals surface area contributed by atoms with Gasteiger partial charge in [0.1, 0.15) is 17.5 Å². The van der Waals surface area contributed by atoms with E-state index in [1.54, 1.807) is 31.2 Å². The van der Waals surface area contributed by atoms with Gasteiger partial charge in [0, 0.05) is 50.5 Å². The molecule has 0 bridgehead atoms. The third-order valence-electron chi connectivity index (χ3n) is 6.75. The first-order chi connectivity index (χ1) is 20.2. The molecule has 4 rings (SSSR count). The van der Waals surface area contributed by atoms with Crippen LogP contribution >= 0.6 is 0 Å². The lowest BCUT2D eigenvalue weighted by Gasteiger charge is -2.35. The van der Waals surface area contributed by atoms with E-state index in [1.165, 1.54) is 15.9 Å². The zero-order valence-electron chi connectivity index (χ0n) is 23.0. The number of amides is 5. The maximum atomic E-state index is 13.4. The highest BCUT2D eigenvalue weighted by Gasteiger charge is 2.31. The number of aromatic nitrogens is 1. The zero-order chi connectivity index (χ0) is 30.2. The average Bonchev–Trinajstić information content (AvgIpc) is 3.43. The van der Waals surface area contributed by atoms with Crippen molar-refractivity contribution in [2.24, 2.45) is 0 Å². The Labute approximate surface area is 240 Å². The van der Waals surface area contributed by atoms with Crippen LogP contribution in [0.4, 0.5) is 4.79 Å². The number of nitrogens with zero attached hydrogens (tertiary/aromatic N) is 4. The van der Waals surface area contributed by atoms with E-state index in [0.717, 1.165) is 5.01 Å². The normalized spacial score (nSPS) is 15.6. The topological polar surface area (TPSA) is 188 Å². The number of hydrogen-bond acceptors (Lipinski definition) is 9. The molecule has 1 aromatic heterocycles. The first kappa shape index (κ1) is 30.0. The van der Waals surface area contributed by atoms with Gasteiger partial charge in [-0.15, -0.1) is 0 Å². The van der Waals surface area contributed by atoms with E-state index in [1.807, 2.05) is 0 Å². The highest BCUT2D eigenvalue weighted by Crippen LogP contribution is 2.26. The summed E-state index contributed by atoms with van der Waals surface area (Å²) in [6.45, 7) is 2.57. The number of carboxylic acids is 1. The van der Waals surface area contributed by atoms with Crippen LogP contribution in [0.15, 0.2) is 30.3 Å². The zero-order valence-corrected chi connectivity index (χ0v) is 23.0.